The van der Waals surface area contributed by atoms with Crippen LogP contribution in [-0.4, -0.2) is 4.57 Å². The molecule has 0 spiro atoms. The standard InChI is InChI=1S/C49H35N/c1-49(2)43-28-34(33-20-19-30-11-3-4-13-32(30)27-33)22-24-38(43)39-26-23-35(29-44(39)49)50-45-18-10-9-17-42(45)47-46-36-14-6-5-12-31(36)21-25-40(46)37-15-7-8-16-41(37)48(47)50/h3-18,21-29H,19-20H2,1-2H3. The molecule has 50 heavy (non-hydrogen) atoms. The van der Waals surface area contributed by atoms with Crippen molar-refractivity contribution in [3.05, 3.63) is 173 Å². The van der Waals surface area contributed by atoms with E-state index in [4.69, 9.17) is 0 Å². The van der Waals surface area contributed by atoms with Gasteiger partial charge in [-0.15, -0.1) is 0 Å². The van der Waals surface area contributed by atoms with E-state index in [1.807, 2.05) is 0 Å². The molecule has 1 heteroatoms. The zero-order valence-electron chi connectivity index (χ0n) is 28.3. The first-order valence-electron chi connectivity index (χ1n) is 17.9. The smallest absolute Gasteiger partial charge is 0.0626 e. The van der Waals surface area contributed by atoms with Gasteiger partial charge in [0.1, 0.15) is 0 Å². The first-order chi connectivity index (χ1) is 24.6. The molecule has 0 saturated carbocycles. The molecule has 11 rings (SSSR count). The van der Waals surface area contributed by atoms with Crippen molar-refractivity contribution in [2.75, 3.05) is 0 Å². The van der Waals surface area contributed by atoms with Crippen molar-refractivity contribution < 1.29 is 0 Å². The lowest BCUT2D eigenvalue weighted by molar-refractivity contribution is 0.659. The van der Waals surface area contributed by atoms with E-state index in [2.05, 4.69) is 170 Å². The van der Waals surface area contributed by atoms with Gasteiger partial charge in [-0.05, 0) is 103 Å². The van der Waals surface area contributed by atoms with E-state index in [-0.39, 0.29) is 5.41 Å². The van der Waals surface area contributed by atoms with Gasteiger partial charge in [-0.1, -0.05) is 141 Å². The van der Waals surface area contributed by atoms with Crippen LogP contribution in [0.5, 0.6) is 0 Å². The fourth-order valence-electron chi connectivity index (χ4n) is 9.43. The van der Waals surface area contributed by atoms with Crippen molar-refractivity contribution in [3.8, 4) is 16.8 Å². The average Bonchev–Trinajstić information content (AvgIpc) is 3.63. The maximum Gasteiger partial charge on any atom is 0.0626 e. The number of hydrogen-bond donors (Lipinski definition) is 0. The predicted octanol–water partition coefficient (Wildman–Crippen LogP) is 13.0. The van der Waals surface area contributed by atoms with E-state index >= 15 is 0 Å². The number of rotatable bonds is 2. The maximum absolute atomic E-state index is 2.54. The molecule has 0 bridgehead atoms. The highest BCUT2D eigenvalue weighted by molar-refractivity contribution is 6.36. The second-order valence-electron chi connectivity index (χ2n) is 14.8. The Morgan fingerprint density at radius 3 is 2.10 bits per heavy atom. The zero-order valence-corrected chi connectivity index (χ0v) is 28.3. The molecular weight excluding hydrogens is 603 g/mol. The number of allylic oxidation sites excluding steroid dienone is 1. The molecule has 8 aromatic carbocycles. The number of fused-ring (bicyclic) bond motifs is 14. The molecule has 0 amide bonds. The first kappa shape index (κ1) is 28.0. The molecule has 1 aromatic heterocycles. The van der Waals surface area contributed by atoms with Crippen molar-refractivity contribution in [2.24, 2.45) is 0 Å². The van der Waals surface area contributed by atoms with Crippen molar-refractivity contribution in [3.63, 3.8) is 0 Å². The Morgan fingerprint density at radius 2 is 1.22 bits per heavy atom. The summed E-state index contributed by atoms with van der Waals surface area (Å²) >= 11 is 0. The molecule has 1 nitrogen and oxygen atoms in total. The number of hydrogen-bond acceptors (Lipinski definition) is 0. The van der Waals surface area contributed by atoms with Gasteiger partial charge in [0.15, 0.2) is 0 Å². The summed E-state index contributed by atoms with van der Waals surface area (Å²) in [5.41, 5.74) is 14.8. The van der Waals surface area contributed by atoms with Crippen molar-refractivity contribution >= 4 is 65.8 Å². The summed E-state index contributed by atoms with van der Waals surface area (Å²) in [4.78, 5) is 0. The van der Waals surface area contributed by atoms with Gasteiger partial charge in [0.05, 0.1) is 11.0 Å². The SMILES string of the molecule is CC1(C)c2cc(C3=Cc4ccccc4CC3)ccc2-c2ccc(-n3c4ccccc4c4c5c6ccccc6ccc5c5ccccc5c43)cc21. The van der Waals surface area contributed by atoms with E-state index in [1.54, 1.807) is 0 Å². The van der Waals surface area contributed by atoms with Crippen LogP contribution in [0.25, 0.3) is 82.6 Å². The molecule has 0 N–H and O–H groups in total. The Hall–Kier alpha value is -5.92. The van der Waals surface area contributed by atoms with Crippen LogP contribution in [0, 0.1) is 0 Å². The van der Waals surface area contributed by atoms with Gasteiger partial charge in [-0.2, -0.15) is 0 Å². The highest BCUT2D eigenvalue weighted by Gasteiger charge is 2.36. The van der Waals surface area contributed by atoms with Crippen LogP contribution in [-0.2, 0) is 11.8 Å². The van der Waals surface area contributed by atoms with Gasteiger partial charge in [0, 0.05) is 32.6 Å². The summed E-state index contributed by atoms with van der Waals surface area (Å²) in [5.74, 6) is 0. The molecule has 236 valence electrons. The van der Waals surface area contributed by atoms with E-state index < -0.39 is 0 Å². The van der Waals surface area contributed by atoms with E-state index in [1.165, 1.54) is 104 Å². The third kappa shape index (κ3) is 3.72. The van der Waals surface area contributed by atoms with Crippen LogP contribution in [0.3, 0.4) is 0 Å². The van der Waals surface area contributed by atoms with Gasteiger partial charge < -0.3 is 4.57 Å². The maximum atomic E-state index is 2.54. The van der Waals surface area contributed by atoms with Crippen LogP contribution in [0.1, 0.15) is 48.1 Å². The van der Waals surface area contributed by atoms with Gasteiger partial charge in [-0.3, -0.25) is 0 Å². The summed E-state index contributed by atoms with van der Waals surface area (Å²) < 4.78 is 2.54. The lowest BCUT2D eigenvalue weighted by Crippen LogP contribution is -2.15. The largest absolute Gasteiger partial charge is 0.309 e. The third-order valence-electron chi connectivity index (χ3n) is 11.9. The molecule has 0 fully saturated rings. The Labute approximate surface area is 291 Å². The predicted molar refractivity (Wildman–Crippen MR) is 213 cm³/mol. The molecule has 1 heterocycles. The molecule has 2 aliphatic rings. The number of nitrogens with zero attached hydrogens (tertiary/aromatic N) is 1. The fourth-order valence-corrected chi connectivity index (χ4v) is 9.43. The minimum Gasteiger partial charge on any atom is -0.309 e. The van der Waals surface area contributed by atoms with Gasteiger partial charge in [-0.25, -0.2) is 0 Å². The van der Waals surface area contributed by atoms with Crippen LogP contribution in [0.2, 0.25) is 0 Å². The number of aromatic nitrogens is 1. The Kier molecular flexibility index (Phi) is 5.63. The van der Waals surface area contributed by atoms with E-state index in [0.29, 0.717) is 0 Å². The summed E-state index contributed by atoms with van der Waals surface area (Å²) in [6.45, 7) is 4.83. The van der Waals surface area contributed by atoms with Crippen LogP contribution >= 0.6 is 0 Å². The van der Waals surface area contributed by atoms with Crippen LogP contribution in [0.15, 0.2) is 146 Å². The van der Waals surface area contributed by atoms with Crippen molar-refractivity contribution in [1.82, 2.24) is 4.57 Å². The number of benzene rings is 8. The number of para-hydroxylation sites is 1. The molecule has 9 aromatic rings. The first-order valence-corrected chi connectivity index (χ1v) is 17.9. The van der Waals surface area contributed by atoms with Crippen LogP contribution < -0.4 is 0 Å². The van der Waals surface area contributed by atoms with E-state index in [9.17, 15) is 0 Å². The quantitative estimate of drug-likeness (QED) is 0.166. The van der Waals surface area contributed by atoms with Crippen molar-refractivity contribution in [2.45, 2.75) is 32.1 Å². The summed E-state index contributed by atoms with van der Waals surface area (Å²) in [7, 11) is 0. The lowest BCUT2D eigenvalue weighted by Gasteiger charge is -2.24. The fraction of sp³-hybridized carbons (Fsp3) is 0.102. The monoisotopic (exact) mass is 637 g/mol. The summed E-state index contributed by atoms with van der Waals surface area (Å²) in [5, 5.41) is 10.5. The molecule has 0 unspecified atom stereocenters. The Bertz CT molecular complexity index is 2950. The second kappa shape index (κ2) is 10.1. The normalized spacial score (nSPS) is 14.7. The molecule has 0 radical (unpaired) electrons. The van der Waals surface area contributed by atoms with E-state index in [0.717, 1.165) is 12.8 Å². The second-order valence-corrected chi connectivity index (χ2v) is 14.8. The highest BCUT2D eigenvalue weighted by atomic mass is 15.0. The van der Waals surface area contributed by atoms with Gasteiger partial charge in [0.25, 0.3) is 0 Å². The topological polar surface area (TPSA) is 4.93 Å². The van der Waals surface area contributed by atoms with Gasteiger partial charge in [0.2, 0.25) is 0 Å². The molecule has 0 atom stereocenters. The summed E-state index contributed by atoms with van der Waals surface area (Å²) in [6.07, 6.45) is 4.59. The zero-order chi connectivity index (χ0) is 33.1. The molecular formula is C49H35N. The van der Waals surface area contributed by atoms with Crippen molar-refractivity contribution in [1.29, 1.82) is 0 Å². The minimum absolute atomic E-state index is 0.131. The third-order valence-corrected chi connectivity index (χ3v) is 11.9. The minimum atomic E-state index is -0.131. The lowest BCUT2D eigenvalue weighted by atomic mass is 9.80. The highest BCUT2D eigenvalue weighted by Crippen LogP contribution is 2.51. The average molecular weight is 638 g/mol. The molecule has 0 saturated heterocycles. The van der Waals surface area contributed by atoms with Crippen LogP contribution in [0.4, 0.5) is 0 Å². The molecule has 0 aliphatic heterocycles. The number of aryl methyl sites for hydroxylation is 1. The Morgan fingerprint density at radius 1 is 0.520 bits per heavy atom. The molecule has 2 aliphatic carbocycles. The van der Waals surface area contributed by atoms with Gasteiger partial charge >= 0.3 is 0 Å². The Balaban J connectivity index is 1.16. The summed E-state index contributed by atoms with van der Waals surface area (Å²) in [6, 6.07) is 54.7.